The number of ether oxygens (including phenoxy) is 1. The minimum Gasteiger partial charge on any atom is -0.462 e. The van der Waals surface area contributed by atoms with Gasteiger partial charge in [-0.1, -0.05) is 18.2 Å². The lowest BCUT2D eigenvalue weighted by Gasteiger charge is -2.12. The van der Waals surface area contributed by atoms with Crippen molar-refractivity contribution in [1.29, 1.82) is 0 Å². The monoisotopic (exact) mass is 408 g/mol. The van der Waals surface area contributed by atoms with E-state index in [2.05, 4.69) is 15.5 Å². The summed E-state index contributed by atoms with van der Waals surface area (Å²) in [6.07, 6.45) is 6.74. The predicted molar refractivity (Wildman–Crippen MR) is 106 cm³/mol. The Morgan fingerprint density at radius 1 is 1.37 bits per heavy atom. The molecule has 1 amide bonds. The lowest BCUT2D eigenvalue weighted by atomic mass is 10.1. The molecule has 27 heavy (non-hydrogen) atoms. The molecular formula is C18H24N4O3S2. The first kappa shape index (κ1) is 19.9. The summed E-state index contributed by atoms with van der Waals surface area (Å²) in [6, 6.07) is 0. The molecule has 0 aromatic carbocycles. The van der Waals surface area contributed by atoms with E-state index in [1.165, 1.54) is 28.0 Å². The topological polar surface area (TPSA) is 86.1 Å². The molecule has 2 aromatic rings. The van der Waals surface area contributed by atoms with E-state index in [4.69, 9.17) is 4.74 Å². The van der Waals surface area contributed by atoms with Crippen LogP contribution in [0.5, 0.6) is 0 Å². The number of aromatic nitrogens is 3. The van der Waals surface area contributed by atoms with Gasteiger partial charge in [-0.15, -0.1) is 21.5 Å². The highest BCUT2D eigenvalue weighted by atomic mass is 32.2. The minimum absolute atomic E-state index is 0.162. The van der Waals surface area contributed by atoms with Gasteiger partial charge in [-0.3, -0.25) is 4.79 Å². The van der Waals surface area contributed by atoms with Gasteiger partial charge in [-0.2, -0.15) is 0 Å². The second-order valence-corrected chi connectivity index (χ2v) is 8.88. The van der Waals surface area contributed by atoms with Crippen molar-refractivity contribution in [1.82, 2.24) is 14.8 Å². The number of esters is 1. The number of hydrogen-bond donors (Lipinski definition) is 1. The molecule has 0 unspecified atom stereocenters. The van der Waals surface area contributed by atoms with E-state index in [0.717, 1.165) is 37.7 Å². The zero-order valence-electron chi connectivity index (χ0n) is 15.8. The molecule has 9 heteroatoms. The van der Waals surface area contributed by atoms with Gasteiger partial charge in [0.2, 0.25) is 5.91 Å². The lowest BCUT2D eigenvalue weighted by molar-refractivity contribution is -0.115. The van der Waals surface area contributed by atoms with Gasteiger partial charge in [0, 0.05) is 11.9 Å². The fourth-order valence-electron chi connectivity index (χ4n) is 3.05. The van der Waals surface area contributed by atoms with Crippen molar-refractivity contribution in [3.8, 4) is 0 Å². The maximum absolute atomic E-state index is 12.7. The second kappa shape index (κ2) is 8.88. The molecule has 0 saturated heterocycles. The van der Waals surface area contributed by atoms with Crippen LogP contribution in [-0.2, 0) is 29.4 Å². The Bertz CT molecular complexity index is 831. The van der Waals surface area contributed by atoms with E-state index in [9.17, 15) is 9.59 Å². The molecule has 3 rings (SSSR count). The number of carbonyl (C=O) groups excluding carboxylic acids is 2. The molecule has 1 atom stereocenters. The average Bonchev–Trinajstić information content (AvgIpc) is 3.10. The SMILES string of the molecule is CCOC(=O)c1c(NC(=O)[C@@H](C)Sc2nncn2C)sc2c1CCCCC2. The van der Waals surface area contributed by atoms with E-state index < -0.39 is 0 Å². The van der Waals surface area contributed by atoms with Gasteiger partial charge in [0.25, 0.3) is 0 Å². The van der Waals surface area contributed by atoms with E-state index in [-0.39, 0.29) is 17.1 Å². The van der Waals surface area contributed by atoms with Gasteiger partial charge in [0.1, 0.15) is 11.3 Å². The van der Waals surface area contributed by atoms with Gasteiger partial charge in [-0.05, 0) is 45.1 Å². The number of carbonyl (C=O) groups is 2. The minimum atomic E-state index is -0.371. The van der Waals surface area contributed by atoms with Gasteiger partial charge in [0.15, 0.2) is 5.16 Å². The number of anilines is 1. The molecule has 0 bridgehead atoms. The van der Waals surface area contributed by atoms with Crippen molar-refractivity contribution >= 4 is 40.0 Å². The van der Waals surface area contributed by atoms with Crippen LogP contribution in [0.4, 0.5) is 5.00 Å². The van der Waals surface area contributed by atoms with Crippen LogP contribution in [0.3, 0.4) is 0 Å². The molecule has 0 radical (unpaired) electrons. The predicted octanol–water partition coefficient (Wildman–Crippen LogP) is 3.44. The number of aryl methyl sites for hydroxylation is 2. The summed E-state index contributed by atoms with van der Waals surface area (Å²) in [5.74, 6) is -0.509. The highest BCUT2D eigenvalue weighted by Crippen LogP contribution is 2.38. The summed E-state index contributed by atoms with van der Waals surface area (Å²) < 4.78 is 7.04. The first-order valence-corrected chi connectivity index (χ1v) is 10.8. The van der Waals surface area contributed by atoms with Crippen LogP contribution in [-0.4, -0.2) is 38.5 Å². The fourth-order valence-corrected chi connectivity index (χ4v) is 5.12. The van der Waals surface area contributed by atoms with Gasteiger partial charge >= 0.3 is 5.97 Å². The number of amides is 1. The lowest BCUT2D eigenvalue weighted by Crippen LogP contribution is -2.23. The van der Waals surface area contributed by atoms with Crippen LogP contribution < -0.4 is 5.32 Å². The summed E-state index contributed by atoms with van der Waals surface area (Å²) in [7, 11) is 1.84. The van der Waals surface area contributed by atoms with Crippen molar-refractivity contribution in [2.45, 2.75) is 56.4 Å². The highest BCUT2D eigenvalue weighted by molar-refractivity contribution is 8.00. The van der Waals surface area contributed by atoms with Crippen LogP contribution in [0.15, 0.2) is 11.5 Å². The zero-order chi connectivity index (χ0) is 19.4. The molecule has 146 valence electrons. The van der Waals surface area contributed by atoms with Crippen LogP contribution in [0.2, 0.25) is 0 Å². The largest absolute Gasteiger partial charge is 0.462 e. The Morgan fingerprint density at radius 3 is 2.85 bits per heavy atom. The zero-order valence-corrected chi connectivity index (χ0v) is 17.4. The van der Waals surface area contributed by atoms with E-state index in [1.807, 2.05) is 14.0 Å². The fraction of sp³-hybridized carbons (Fsp3) is 0.556. The summed E-state index contributed by atoms with van der Waals surface area (Å²) in [5.41, 5.74) is 1.60. The number of nitrogens with one attached hydrogen (secondary N) is 1. The van der Waals surface area contributed by atoms with Crippen molar-refractivity contribution in [2.75, 3.05) is 11.9 Å². The van der Waals surface area contributed by atoms with Crippen molar-refractivity contribution in [3.05, 3.63) is 22.3 Å². The van der Waals surface area contributed by atoms with Crippen molar-refractivity contribution < 1.29 is 14.3 Å². The quantitative estimate of drug-likeness (QED) is 0.448. The maximum atomic E-state index is 12.7. The Morgan fingerprint density at radius 2 is 2.15 bits per heavy atom. The molecule has 1 aliphatic carbocycles. The first-order chi connectivity index (χ1) is 13.0. The summed E-state index contributed by atoms with van der Waals surface area (Å²) in [4.78, 5) is 26.5. The smallest absolute Gasteiger partial charge is 0.341 e. The maximum Gasteiger partial charge on any atom is 0.341 e. The average molecular weight is 409 g/mol. The Labute approximate surface area is 166 Å². The normalized spacial score (nSPS) is 14.9. The van der Waals surface area contributed by atoms with Crippen LogP contribution >= 0.6 is 23.1 Å². The Balaban J connectivity index is 1.81. The van der Waals surface area contributed by atoms with E-state index >= 15 is 0 Å². The number of hydrogen-bond acceptors (Lipinski definition) is 7. The standard InChI is InChI=1S/C18H24N4O3S2/c1-4-25-17(24)14-12-8-6-5-7-9-13(12)27-16(14)20-15(23)11(2)26-18-21-19-10-22(18)3/h10-11H,4-9H2,1-3H3,(H,20,23)/t11-/m1/s1. The van der Waals surface area contributed by atoms with Crippen molar-refractivity contribution in [3.63, 3.8) is 0 Å². The molecular weight excluding hydrogens is 384 g/mol. The molecule has 2 aromatic heterocycles. The van der Waals surface area contributed by atoms with Gasteiger partial charge in [0.05, 0.1) is 17.4 Å². The summed E-state index contributed by atoms with van der Waals surface area (Å²) >= 11 is 2.84. The summed E-state index contributed by atoms with van der Waals surface area (Å²) in [5, 5.41) is 11.7. The number of fused-ring (bicyclic) bond motifs is 1. The van der Waals surface area contributed by atoms with Crippen LogP contribution in [0.25, 0.3) is 0 Å². The van der Waals surface area contributed by atoms with Crippen LogP contribution in [0.1, 0.15) is 53.9 Å². The molecule has 0 fully saturated rings. The number of rotatable bonds is 6. The van der Waals surface area contributed by atoms with Gasteiger partial charge < -0.3 is 14.6 Å². The van der Waals surface area contributed by atoms with Gasteiger partial charge in [-0.25, -0.2) is 4.79 Å². The summed E-state index contributed by atoms with van der Waals surface area (Å²) in [6.45, 7) is 3.92. The number of thioether (sulfide) groups is 1. The first-order valence-electron chi connectivity index (χ1n) is 9.14. The Hall–Kier alpha value is -1.87. The molecule has 1 N–H and O–H groups in total. The molecule has 7 nitrogen and oxygen atoms in total. The Kier molecular flexibility index (Phi) is 6.54. The highest BCUT2D eigenvalue weighted by Gasteiger charge is 2.28. The van der Waals surface area contributed by atoms with Crippen LogP contribution in [0, 0.1) is 0 Å². The molecule has 0 spiro atoms. The third-order valence-corrected chi connectivity index (χ3v) is 6.81. The number of nitrogens with zero attached hydrogens (tertiary/aromatic N) is 3. The molecule has 2 heterocycles. The second-order valence-electron chi connectivity index (χ2n) is 6.46. The third-order valence-electron chi connectivity index (χ3n) is 4.46. The van der Waals surface area contributed by atoms with E-state index in [1.54, 1.807) is 17.8 Å². The molecule has 0 aliphatic heterocycles. The number of thiophene rings is 1. The van der Waals surface area contributed by atoms with Crippen molar-refractivity contribution in [2.24, 2.45) is 7.05 Å². The molecule has 0 saturated carbocycles. The third kappa shape index (κ3) is 4.52. The van der Waals surface area contributed by atoms with E-state index in [0.29, 0.717) is 22.3 Å². The molecule has 1 aliphatic rings.